The molecule has 0 radical (unpaired) electrons. The van der Waals surface area contributed by atoms with Crippen LogP contribution in [0.25, 0.3) is 0 Å². The van der Waals surface area contributed by atoms with Crippen LogP contribution in [0.15, 0.2) is 35.7 Å². The molecule has 0 saturated heterocycles. The average Bonchev–Trinajstić information content (AvgIpc) is 2.85. The SMILES string of the molecule is CCCC(Nc1ccc(I)cc1N)c1cccs1. The Hall–Kier alpha value is -0.750. The molecule has 0 aliphatic rings. The number of nitrogens with two attached hydrogens (primary N) is 1. The van der Waals surface area contributed by atoms with Crippen molar-refractivity contribution in [1.29, 1.82) is 0 Å². The van der Waals surface area contributed by atoms with Crippen molar-refractivity contribution < 1.29 is 0 Å². The normalized spacial score (nSPS) is 12.3. The zero-order chi connectivity index (χ0) is 13.0. The molecule has 1 aromatic heterocycles. The van der Waals surface area contributed by atoms with Crippen molar-refractivity contribution in [3.8, 4) is 0 Å². The van der Waals surface area contributed by atoms with Crippen LogP contribution in [0.5, 0.6) is 0 Å². The molecule has 1 aromatic carbocycles. The smallest absolute Gasteiger partial charge is 0.0607 e. The van der Waals surface area contributed by atoms with E-state index in [9.17, 15) is 0 Å². The first-order chi connectivity index (χ1) is 8.70. The molecule has 4 heteroatoms. The number of anilines is 2. The number of benzene rings is 1. The Bertz CT molecular complexity index is 497. The minimum Gasteiger partial charge on any atom is -0.397 e. The summed E-state index contributed by atoms with van der Waals surface area (Å²) in [6, 6.07) is 10.8. The van der Waals surface area contributed by atoms with Gasteiger partial charge < -0.3 is 11.1 Å². The molecule has 96 valence electrons. The number of rotatable bonds is 5. The summed E-state index contributed by atoms with van der Waals surface area (Å²) >= 11 is 4.07. The van der Waals surface area contributed by atoms with Crippen LogP contribution in [0.3, 0.4) is 0 Å². The lowest BCUT2D eigenvalue weighted by atomic mass is 10.1. The third kappa shape index (κ3) is 3.38. The first-order valence-corrected chi connectivity index (χ1v) is 8.01. The first-order valence-electron chi connectivity index (χ1n) is 6.05. The van der Waals surface area contributed by atoms with Crippen LogP contribution in [0, 0.1) is 3.57 Å². The molecule has 1 atom stereocenters. The van der Waals surface area contributed by atoms with Gasteiger partial charge in [-0.2, -0.15) is 0 Å². The topological polar surface area (TPSA) is 38.0 Å². The van der Waals surface area contributed by atoms with Gasteiger partial charge in [0.1, 0.15) is 0 Å². The monoisotopic (exact) mass is 372 g/mol. The Kier molecular flexibility index (Phi) is 4.88. The molecule has 18 heavy (non-hydrogen) atoms. The summed E-state index contributed by atoms with van der Waals surface area (Å²) in [5, 5.41) is 5.68. The minimum absolute atomic E-state index is 0.359. The van der Waals surface area contributed by atoms with E-state index in [0.29, 0.717) is 6.04 Å². The number of thiophene rings is 1. The Morgan fingerprint density at radius 3 is 2.83 bits per heavy atom. The van der Waals surface area contributed by atoms with Gasteiger partial charge in [0.25, 0.3) is 0 Å². The maximum atomic E-state index is 6.06. The second-order valence-corrected chi connectivity index (χ2v) is 6.46. The fourth-order valence-corrected chi connectivity index (χ4v) is 3.24. The van der Waals surface area contributed by atoms with Crippen LogP contribution >= 0.6 is 33.9 Å². The van der Waals surface area contributed by atoms with Gasteiger partial charge in [0.2, 0.25) is 0 Å². The van der Waals surface area contributed by atoms with Gasteiger partial charge in [-0.25, -0.2) is 0 Å². The fourth-order valence-electron chi connectivity index (χ4n) is 1.92. The lowest BCUT2D eigenvalue weighted by Gasteiger charge is -2.19. The molecule has 2 nitrogen and oxygen atoms in total. The summed E-state index contributed by atoms with van der Waals surface area (Å²) in [7, 11) is 0. The molecule has 1 heterocycles. The molecule has 2 aromatic rings. The number of nitrogen functional groups attached to an aromatic ring is 1. The highest BCUT2D eigenvalue weighted by molar-refractivity contribution is 14.1. The van der Waals surface area contributed by atoms with E-state index in [2.05, 4.69) is 64.5 Å². The molecule has 2 rings (SSSR count). The van der Waals surface area contributed by atoms with Crippen LogP contribution in [0.4, 0.5) is 11.4 Å². The molecule has 1 unspecified atom stereocenters. The lowest BCUT2D eigenvalue weighted by Crippen LogP contribution is -2.10. The summed E-state index contributed by atoms with van der Waals surface area (Å²) in [6.07, 6.45) is 2.27. The number of hydrogen-bond donors (Lipinski definition) is 2. The van der Waals surface area contributed by atoms with E-state index in [-0.39, 0.29) is 0 Å². The van der Waals surface area contributed by atoms with Crippen LogP contribution in [0.2, 0.25) is 0 Å². The van der Waals surface area contributed by atoms with Gasteiger partial charge in [-0.1, -0.05) is 19.4 Å². The van der Waals surface area contributed by atoms with E-state index < -0.39 is 0 Å². The standard InChI is InChI=1S/C14H17IN2S/c1-2-4-13(14-5-3-8-18-14)17-12-7-6-10(15)9-11(12)16/h3,5-9,13,17H,2,4,16H2,1H3. The van der Waals surface area contributed by atoms with Crippen LogP contribution in [0.1, 0.15) is 30.7 Å². The predicted molar refractivity (Wildman–Crippen MR) is 89.2 cm³/mol. The molecule has 0 amide bonds. The fraction of sp³-hybridized carbons (Fsp3) is 0.286. The molecule has 0 aliphatic heterocycles. The molecule has 0 spiro atoms. The van der Waals surface area contributed by atoms with E-state index >= 15 is 0 Å². The molecule has 3 N–H and O–H groups in total. The highest BCUT2D eigenvalue weighted by atomic mass is 127. The Balaban J connectivity index is 2.18. The largest absolute Gasteiger partial charge is 0.397 e. The van der Waals surface area contributed by atoms with Crippen molar-refractivity contribution in [2.75, 3.05) is 11.1 Å². The van der Waals surface area contributed by atoms with Crippen molar-refractivity contribution in [2.24, 2.45) is 0 Å². The van der Waals surface area contributed by atoms with Gasteiger partial charge >= 0.3 is 0 Å². The van der Waals surface area contributed by atoms with E-state index in [1.54, 1.807) is 11.3 Å². The summed E-state index contributed by atoms with van der Waals surface area (Å²) in [5.74, 6) is 0. The summed E-state index contributed by atoms with van der Waals surface area (Å²) in [6.45, 7) is 2.21. The van der Waals surface area contributed by atoms with E-state index in [1.165, 1.54) is 8.45 Å². The number of halogens is 1. The third-order valence-electron chi connectivity index (χ3n) is 2.81. The van der Waals surface area contributed by atoms with Gasteiger partial charge in [-0.15, -0.1) is 11.3 Å². The lowest BCUT2D eigenvalue weighted by molar-refractivity contribution is 0.688. The minimum atomic E-state index is 0.359. The van der Waals surface area contributed by atoms with Gasteiger partial charge in [0.15, 0.2) is 0 Å². The molecular formula is C14H17IN2S. The Morgan fingerprint density at radius 1 is 1.39 bits per heavy atom. The quantitative estimate of drug-likeness (QED) is 0.580. The van der Waals surface area contributed by atoms with Gasteiger partial charge in [0, 0.05) is 8.45 Å². The van der Waals surface area contributed by atoms with E-state index in [4.69, 9.17) is 5.73 Å². The Morgan fingerprint density at radius 2 is 2.22 bits per heavy atom. The first kappa shape index (κ1) is 13.7. The van der Waals surface area contributed by atoms with Crippen molar-refractivity contribution in [2.45, 2.75) is 25.8 Å². The van der Waals surface area contributed by atoms with Gasteiger partial charge in [0.05, 0.1) is 17.4 Å². The Labute approximate surface area is 126 Å². The zero-order valence-electron chi connectivity index (χ0n) is 10.3. The maximum Gasteiger partial charge on any atom is 0.0607 e. The molecule has 0 saturated carbocycles. The van der Waals surface area contributed by atoms with Gasteiger partial charge in [-0.3, -0.25) is 0 Å². The number of hydrogen-bond acceptors (Lipinski definition) is 3. The van der Waals surface area contributed by atoms with Crippen molar-refractivity contribution in [1.82, 2.24) is 0 Å². The van der Waals surface area contributed by atoms with Crippen molar-refractivity contribution in [3.63, 3.8) is 0 Å². The van der Waals surface area contributed by atoms with Crippen LogP contribution in [-0.4, -0.2) is 0 Å². The van der Waals surface area contributed by atoms with Crippen LogP contribution in [-0.2, 0) is 0 Å². The van der Waals surface area contributed by atoms with Crippen molar-refractivity contribution >= 4 is 45.3 Å². The summed E-state index contributed by atoms with van der Waals surface area (Å²) in [5.41, 5.74) is 7.90. The molecule has 0 fully saturated rings. The summed E-state index contributed by atoms with van der Waals surface area (Å²) in [4.78, 5) is 1.37. The summed E-state index contributed by atoms with van der Waals surface area (Å²) < 4.78 is 1.17. The second-order valence-electron chi connectivity index (χ2n) is 4.23. The zero-order valence-corrected chi connectivity index (χ0v) is 13.3. The predicted octanol–water partition coefficient (Wildman–Crippen LogP) is 4.89. The van der Waals surface area contributed by atoms with E-state index in [0.717, 1.165) is 24.2 Å². The number of nitrogens with one attached hydrogen (secondary N) is 1. The molecule has 0 aliphatic carbocycles. The maximum absolute atomic E-state index is 6.06. The van der Waals surface area contributed by atoms with Crippen molar-refractivity contribution in [3.05, 3.63) is 44.2 Å². The van der Waals surface area contributed by atoms with E-state index in [1.807, 2.05) is 6.07 Å². The molecular weight excluding hydrogens is 355 g/mol. The van der Waals surface area contributed by atoms with Gasteiger partial charge in [-0.05, 0) is 58.7 Å². The highest BCUT2D eigenvalue weighted by Gasteiger charge is 2.12. The second kappa shape index (κ2) is 6.43. The molecule has 0 bridgehead atoms. The average molecular weight is 372 g/mol. The highest BCUT2D eigenvalue weighted by Crippen LogP contribution is 2.30. The third-order valence-corrected chi connectivity index (χ3v) is 4.46. The van der Waals surface area contributed by atoms with Crippen LogP contribution < -0.4 is 11.1 Å².